The minimum absolute atomic E-state index is 0.170. The van der Waals surface area contributed by atoms with Crippen molar-refractivity contribution in [2.24, 2.45) is 0 Å². The number of hydrogen-bond donors (Lipinski definition) is 5. The molecule has 27 heavy (non-hydrogen) atoms. The number of amides is 1. The summed E-state index contributed by atoms with van der Waals surface area (Å²) in [4.78, 5) is 11.7. The number of carbonyl (C=O) groups excluding carboxylic acids is 1. The van der Waals surface area contributed by atoms with Crippen molar-refractivity contribution in [2.75, 3.05) is 13.7 Å². The maximum absolute atomic E-state index is 11.7. The summed E-state index contributed by atoms with van der Waals surface area (Å²) in [6, 6.07) is 14.3. The van der Waals surface area contributed by atoms with E-state index >= 15 is 0 Å². The Hall–Kier alpha value is -2.29. The largest absolute Gasteiger partial charge is 0.394 e. The van der Waals surface area contributed by atoms with Gasteiger partial charge in [-0.1, -0.05) is 30.3 Å². The molecule has 1 fully saturated rings. The Labute approximate surface area is 156 Å². The number of benzene rings is 2. The lowest BCUT2D eigenvalue weighted by Gasteiger charge is -2.40. The molecule has 0 aliphatic carbocycles. The quantitative estimate of drug-likeness (QED) is 0.523. The van der Waals surface area contributed by atoms with E-state index in [4.69, 9.17) is 4.74 Å². The van der Waals surface area contributed by atoms with E-state index in [1.807, 2.05) is 24.3 Å². The summed E-state index contributed by atoms with van der Waals surface area (Å²) in [5, 5.41) is 42.1. The second-order valence-corrected chi connectivity index (χ2v) is 6.53. The molecule has 1 aliphatic rings. The average molecular weight is 373 g/mol. The molecular formula is C20H23NO6. The molecule has 7 heteroatoms. The monoisotopic (exact) mass is 373 g/mol. The summed E-state index contributed by atoms with van der Waals surface area (Å²) >= 11 is 0. The van der Waals surface area contributed by atoms with Gasteiger partial charge >= 0.3 is 0 Å². The predicted molar refractivity (Wildman–Crippen MR) is 98.0 cm³/mol. The Kier molecular flexibility index (Phi) is 5.88. The molecule has 2 aromatic rings. The highest BCUT2D eigenvalue weighted by Crippen LogP contribution is 2.34. The molecule has 1 heterocycles. The smallest absolute Gasteiger partial charge is 0.251 e. The van der Waals surface area contributed by atoms with Crippen LogP contribution in [0.2, 0.25) is 0 Å². The van der Waals surface area contributed by atoms with Gasteiger partial charge in [-0.3, -0.25) is 4.79 Å². The highest BCUT2D eigenvalue weighted by Gasteiger charge is 2.43. The summed E-state index contributed by atoms with van der Waals surface area (Å²) in [7, 11) is 1.57. The van der Waals surface area contributed by atoms with Gasteiger partial charge in [0.1, 0.15) is 30.5 Å². The van der Waals surface area contributed by atoms with Crippen LogP contribution < -0.4 is 5.32 Å². The van der Waals surface area contributed by atoms with E-state index < -0.39 is 37.1 Å². The van der Waals surface area contributed by atoms with E-state index in [0.29, 0.717) is 11.1 Å². The fourth-order valence-corrected chi connectivity index (χ4v) is 3.23. The molecular weight excluding hydrogens is 350 g/mol. The number of ether oxygens (including phenoxy) is 1. The van der Waals surface area contributed by atoms with Crippen LogP contribution in [0.15, 0.2) is 48.5 Å². The third-order valence-electron chi connectivity index (χ3n) is 4.81. The van der Waals surface area contributed by atoms with Gasteiger partial charge in [0.05, 0.1) is 6.61 Å². The number of nitrogens with one attached hydrogen (secondary N) is 1. The van der Waals surface area contributed by atoms with Gasteiger partial charge in [-0.25, -0.2) is 0 Å². The molecule has 1 amide bonds. The first-order valence-corrected chi connectivity index (χ1v) is 8.69. The Morgan fingerprint density at radius 2 is 1.70 bits per heavy atom. The zero-order valence-electron chi connectivity index (χ0n) is 14.8. The van der Waals surface area contributed by atoms with Crippen LogP contribution in [0, 0.1) is 0 Å². The number of aliphatic hydroxyl groups is 4. The lowest BCUT2D eigenvalue weighted by atomic mass is 9.90. The topological polar surface area (TPSA) is 119 Å². The molecule has 1 aliphatic heterocycles. The first-order chi connectivity index (χ1) is 13.0. The Bertz CT molecular complexity index is 791. The third-order valence-corrected chi connectivity index (χ3v) is 4.81. The first-order valence-electron chi connectivity index (χ1n) is 8.69. The second kappa shape index (κ2) is 8.16. The van der Waals surface area contributed by atoms with E-state index in [1.165, 1.54) is 0 Å². The second-order valence-electron chi connectivity index (χ2n) is 6.53. The van der Waals surface area contributed by atoms with Crippen molar-refractivity contribution >= 4 is 5.91 Å². The number of aliphatic hydroxyl groups excluding tert-OH is 4. The summed E-state index contributed by atoms with van der Waals surface area (Å²) in [5.74, 6) is -0.170. The number of rotatable bonds is 4. The van der Waals surface area contributed by atoms with Gasteiger partial charge in [-0.05, 0) is 34.9 Å². The van der Waals surface area contributed by atoms with Gasteiger partial charge in [0.15, 0.2) is 0 Å². The van der Waals surface area contributed by atoms with Crippen LogP contribution in [0.3, 0.4) is 0 Å². The number of hydrogen-bond acceptors (Lipinski definition) is 6. The van der Waals surface area contributed by atoms with Crippen LogP contribution >= 0.6 is 0 Å². The molecule has 0 spiro atoms. The van der Waals surface area contributed by atoms with Crippen LogP contribution in [0.1, 0.15) is 22.0 Å². The Morgan fingerprint density at radius 1 is 1.00 bits per heavy atom. The summed E-state index contributed by atoms with van der Waals surface area (Å²) in [6.45, 7) is -0.470. The van der Waals surface area contributed by atoms with Crippen molar-refractivity contribution in [3.05, 3.63) is 59.7 Å². The summed E-state index contributed by atoms with van der Waals surface area (Å²) < 4.78 is 5.61. The fraction of sp³-hybridized carbons (Fsp3) is 0.350. The normalized spacial score (nSPS) is 28.0. The molecule has 0 aromatic heterocycles. The van der Waals surface area contributed by atoms with Crippen molar-refractivity contribution in [3.8, 4) is 11.1 Å². The lowest BCUT2D eigenvalue weighted by Crippen LogP contribution is -2.55. The van der Waals surface area contributed by atoms with E-state index in [1.54, 1.807) is 31.3 Å². The summed E-state index contributed by atoms with van der Waals surface area (Å²) in [6.07, 6.45) is -5.97. The maximum Gasteiger partial charge on any atom is 0.251 e. The zero-order valence-corrected chi connectivity index (χ0v) is 14.8. The Balaban J connectivity index is 1.88. The average Bonchev–Trinajstić information content (AvgIpc) is 2.72. The molecule has 3 rings (SSSR count). The maximum atomic E-state index is 11.7. The van der Waals surface area contributed by atoms with Crippen LogP contribution in [0.5, 0.6) is 0 Å². The molecule has 2 aromatic carbocycles. The lowest BCUT2D eigenvalue weighted by molar-refractivity contribution is -0.231. The van der Waals surface area contributed by atoms with Crippen LogP contribution in [0.4, 0.5) is 0 Å². The van der Waals surface area contributed by atoms with Gasteiger partial charge in [-0.15, -0.1) is 0 Å². The van der Waals surface area contributed by atoms with Crippen LogP contribution in [0.25, 0.3) is 11.1 Å². The number of carbonyl (C=O) groups is 1. The highest BCUT2D eigenvalue weighted by atomic mass is 16.5. The van der Waals surface area contributed by atoms with Crippen molar-refractivity contribution in [3.63, 3.8) is 0 Å². The van der Waals surface area contributed by atoms with Gasteiger partial charge in [0.25, 0.3) is 5.91 Å². The van der Waals surface area contributed by atoms with Crippen molar-refractivity contribution in [2.45, 2.75) is 30.5 Å². The molecule has 5 N–H and O–H groups in total. The molecule has 7 nitrogen and oxygen atoms in total. The van der Waals surface area contributed by atoms with Crippen LogP contribution in [-0.2, 0) is 4.74 Å². The van der Waals surface area contributed by atoms with Gasteiger partial charge in [0, 0.05) is 12.6 Å². The predicted octanol–water partition coefficient (Wildman–Crippen LogP) is 0.228. The molecule has 144 valence electrons. The van der Waals surface area contributed by atoms with E-state index in [9.17, 15) is 25.2 Å². The zero-order chi connectivity index (χ0) is 19.6. The highest BCUT2D eigenvalue weighted by molar-refractivity contribution is 5.94. The van der Waals surface area contributed by atoms with Gasteiger partial charge < -0.3 is 30.5 Å². The molecule has 0 radical (unpaired) electrons. The molecule has 0 saturated carbocycles. The van der Waals surface area contributed by atoms with Crippen LogP contribution in [-0.4, -0.2) is 64.4 Å². The van der Waals surface area contributed by atoms with Crippen molar-refractivity contribution in [1.82, 2.24) is 5.32 Å². The minimum Gasteiger partial charge on any atom is -0.394 e. The van der Waals surface area contributed by atoms with Gasteiger partial charge in [0.2, 0.25) is 0 Å². The molecule has 5 unspecified atom stereocenters. The van der Waals surface area contributed by atoms with Crippen molar-refractivity contribution < 1.29 is 30.0 Å². The molecule has 1 saturated heterocycles. The SMILES string of the molecule is CNC(=O)c1ccc(-c2cccc(C3OC(CO)C(O)C(O)C3O)c2)cc1. The fourth-order valence-electron chi connectivity index (χ4n) is 3.23. The van der Waals surface area contributed by atoms with E-state index in [2.05, 4.69) is 5.32 Å². The Morgan fingerprint density at radius 3 is 2.33 bits per heavy atom. The first kappa shape index (κ1) is 19.5. The third kappa shape index (κ3) is 3.87. The minimum atomic E-state index is -1.42. The standard InChI is InChI=1S/C20H23NO6/c1-21-20(26)12-7-5-11(6-8-12)13-3-2-4-14(9-13)19-18(25)17(24)16(23)15(10-22)27-19/h2-9,15-19,22-25H,10H2,1H3,(H,21,26). The molecule has 0 bridgehead atoms. The molecule has 5 atom stereocenters. The van der Waals surface area contributed by atoms with Crippen molar-refractivity contribution in [1.29, 1.82) is 0 Å². The summed E-state index contributed by atoms with van der Waals surface area (Å²) in [5.41, 5.74) is 2.87. The van der Waals surface area contributed by atoms with Gasteiger partial charge in [-0.2, -0.15) is 0 Å². The van der Waals surface area contributed by atoms with E-state index in [0.717, 1.165) is 11.1 Å². The van der Waals surface area contributed by atoms with E-state index in [-0.39, 0.29) is 5.91 Å².